The van der Waals surface area contributed by atoms with Crippen LogP contribution < -0.4 is 5.32 Å². The number of amides is 1. The van der Waals surface area contributed by atoms with Crippen molar-refractivity contribution in [1.29, 1.82) is 0 Å². The van der Waals surface area contributed by atoms with Gasteiger partial charge in [-0.1, -0.05) is 12.1 Å². The van der Waals surface area contributed by atoms with Crippen LogP contribution in [0.25, 0.3) is 0 Å². The summed E-state index contributed by atoms with van der Waals surface area (Å²) in [5.74, 6) is -1.69. The monoisotopic (exact) mass is 287 g/mol. The molecule has 108 valence electrons. The van der Waals surface area contributed by atoms with E-state index in [1.54, 1.807) is 25.1 Å². The molecule has 2 N–H and O–H groups in total. The Morgan fingerprint density at radius 3 is 2.57 bits per heavy atom. The third-order valence-corrected chi connectivity index (χ3v) is 3.00. The summed E-state index contributed by atoms with van der Waals surface area (Å²) in [6.07, 6.45) is 0.0535. The van der Waals surface area contributed by atoms with E-state index in [9.17, 15) is 14.0 Å². The number of carboxylic acids is 1. The van der Waals surface area contributed by atoms with Crippen molar-refractivity contribution in [2.75, 3.05) is 5.32 Å². The van der Waals surface area contributed by atoms with E-state index in [-0.39, 0.29) is 23.7 Å². The topological polar surface area (TPSA) is 66.4 Å². The summed E-state index contributed by atoms with van der Waals surface area (Å²) in [7, 11) is 0. The zero-order valence-electron chi connectivity index (χ0n) is 11.4. The summed E-state index contributed by atoms with van der Waals surface area (Å²) >= 11 is 0. The quantitative estimate of drug-likeness (QED) is 0.908. The molecular formula is C16H14FNO3. The molecule has 2 aromatic carbocycles. The van der Waals surface area contributed by atoms with Gasteiger partial charge in [-0.25, -0.2) is 9.18 Å². The standard InChI is InChI=1S/C16H14FNO3/c1-10-7-12(16(20)21)5-6-14(10)18-15(19)9-11-3-2-4-13(17)8-11/h2-8H,9H2,1H3,(H,18,19)(H,20,21). The first-order valence-electron chi connectivity index (χ1n) is 6.34. The lowest BCUT2D eigenvalue weighted by Crippen LogP contribution is -2.15. The van der Waals surface area contributed by atoms with Gasteiger partial charge in [0.1, 0.15) is 5.82 Å². The molecule has 0 aromatic heterocycles. The summed E-state index contributed by atoms with van der Waals surface area (Å²) < 4.78 is 13.0. The highest BCUT2D eigenvalue weighted by Gasteiger charge is 2.09. The molecule has 2 aromatic rings. The lowest BCUT2D eigenvalue weighted by Gasteiger charge is -2.09. The van der Waals surface area contributed by atoms with Crippen LogP contribution in [0.5, 0.6) is 0 Å². The van der Waals surface area contributed by atoms with E-state index in [0.717, 1.165) is 0 Å². The SMILES string of the molecule is Cc1cc(C(=O)O)ccc1NC(=O)Cc1cccc(F)c1. The van der Waals surface area contributed by atoms with Gasteiger partial charge in [0.05, 0.1) is 12.0 Å². The van der Waals surface area contributed by atoms with Crippen LogP contribution in [0.2, 0.25) is 0 Å². The molecule has 4 nitrogen and oxygen atoms in total. The number of hydrogen-bond acceptors (Lipinski definition) is 2. The van der Waals surface area contributed by atoms with Crippen LogP contribution in [0.3, 0.4) is 0 Å². The molecule has 0 saturated heterocycles. The predicted octanol–water partition coefficient (Wildman–Crippen LogP) is 3.01. The Morgan fingerprint density at radius 2 is 1.95 bits per heavy atom. The van der Waals surface area contributed by atoms with Crippen molar-refractivity contribution in [2.45, 2.75) is 13.3 Å². The van der Waals surface area contributed by atoms with E-state index in [2.05, 4.69) is 5.32 Å². The zero-order chi connectivity index (χ0) is 15.4. The van der Waals surface area contributed by atoms with Crippen LogP contribution in [-0.2, 0) is 11.2 Å². The van der Waals surface area contributed by atoms with Gasteiger partial charge in [-0.2, -0.15) is 0 Å². The van der Waals surface area contributed by atoms with Crippen LogP contribution in [0.15, 0.2) is 42.5 Å². The van der Waals surface area contributed by atoms with Crippen LogP contribution in [0.4, 0.5) is 10.1 Å². The third kappa shape index (κ3) is 3.89. The van der Waals surface area contributed by atoms with Gasteiger partial charge in [0, 0.05) is 5.69 Å². The minimum Gasteiger partial charge on any atom is -0.478 e. The van der Waals surface area contributed by atoms with Crippen molar-refractivity contribution in [2.24, 2.45) is 0 Å². The Hall–Kier alpha value is -2.69. The number of carbonyl (C=O) groups is 2. The van der Waals surface area contributed by atoms with Crippen molar-refractivity contribution in [1.82, 2.24) is 0 Å². The smallest absolute Gasteiger partial charge is 0.335 e. The number of aryl methyl sites for hydroxylation is 1. The molecule has 2 rings (SSSR count). The van der Waals surface area contributed by atoms with Crippen molar-refractivity contribution in [3.8, 4) is 0 Å². The van der Waals surface area contributed by atoms with Crippen molar-refractivity contribution in [3.63, 3.8) is 0 Å². The molecular weight excluding hydrogens is 273 g/mol. The summed E-state index contributed by atoms with van der Waals surface area (Å²) in [5, 5.41) is 11.6. The lowest BCUT2D eigenvalue weighted by atomic mass is 10.1. The number of aromatic carboxylic acids is 1. The maximum Gasteiger partial charge on any atom is 0.335 e. The second-order valence-electron chi connectivity index (χ2n) is 4.69. The van der Waals surface area contributed by atoms with E-state index in [0.29, 0.717) is 16.8 Å². The van der Waals surface area contributed by atoms with Crippen LogP contribution >= 0.6 is 0 Å². The molecule has 0 radical (unpaired) electrons. The summed E-state index contributed by atoms with van der Waals surface area (Å²) in [5.41, 5.74) is 1.94. The molecule has 21 heavy (non-hydrogen) atoms. The summed E-state index contributed by atoms with van der Waals surface area (Å²) in [6, 6.07) is 10.3. The molecule has 0 bridgehead atoms. The van der Waals surface area contributed by atoms with Crippen LogP contribution in [-0.4, -0.2) is 17.0 Å². The minimum atomic E-state index is -1.02. The van der Waals surface area contributed by atoms with E-state index < -0.39 is 5.97 Å². The average Bonchev–Trinajstić information content (AvgIpc) is 2.40. The zero-order valence-corrected chi connectivity index (χ0v) is 11.4. The average molecular weight is 287 g/mol. The first kappa shape index (κ1) is 14.7. The first-order chi connectivity index (χ1) is 9.95. The normalized spacial score (nSPS) is 10.2. The molecule has 5 heteroatoms. The third-order valence-electron chi connectivity index (χ3n) is 3.00. The van der Waals surface area contributed by atoms with Gasteiger partial charge in [0.15, 0.2) is 0 Å². The Bertz CT molecular complexity index is 698. The van der Waals surface area contributed by atoms with Gasteiger partial charge < -0.3 is 10.4 Å². The predicted molar refractivity (Wildman–Crippen MR) is 76.9 cm³/mol. The van der Waals surface area contributed by atoms with Gasteiger partial charge in [-0.05, 0) is 48.4 Å². The fourth-order valence-electron chi connectivity index (χ4n) is 1.96. The van der Waals surface area contributed by atoms with Gasteiger partial charge in [-0.15, -0.1) is 0 Å². The van der Waals surface area contributed by atoms with Crippen molar-refractivity contribution >= 4 is 17.6 Å². The fourth-order valence-corrected chi connectivity index (χ4v) is 1.96. The summed E-state index contributed by atoms with van der Waals surface area (Å²) in [6.45, 7) is 1.71. The number of halogens is 1. The van der Waals surface area contributed by atoms with Gasteiger partial charge in [0.25, 0.3) is 0 Å². The number of hydrogen-bond donors (Lipinski definition) is 2. The number of carbonyl (C=O) groups excluding carboxylic acids is 1. The molecule has 0 aliphatic heterocycles. The van der Waals surface area contributed by atoms with Gasteiger partial charge in [0.2, 0.25) is 5.91 Å². The molecule has 0 heterocycles. The first-order valence-corrected chi connectivity index (χ1v) is 6.34. The molecule has 0 saturated carbocycles. The Labute approximate surface area is 121 Å². The van der Waals surface area contributed by atoms with Gasteiger partial charge in [-0.3, -0.25) is 4.79 Å². The van der Waals surface area contributed by atoms with Crippen LogP contribution in [0.1, 0.15) is 21.5 Å². The van der Waals surface area contributed by atoms with E-state index >= 15 is 0 Å². The number of benzene rings is 2. The maximum absolute atomic E-state index is 13.0. The number of carboxylic acid groups (broad SMARTS) is 1. The fraction of sp³-hybridized carbons (Fsp3) is 0.125. The second-order valence-corrected chi connectivity index (χ2v) is 4.69. The van der Waals surface area contributed by atoms with E-state index in [1.807, 2.05) is 0 Å². The molecule has 0 unspecified atom stereocenters. The highest BCUT2D eigenvalue weighted by Crippen LogP contribution is 2.17. The Morgan fingerprint density at radius 1 is 1.19 bits per heavy atom. The molecule has 0 aliphatic rings. The molecule has 0 atom stereocenters. The second kappa shape index (κ2) is 6.17. The van der Waals surface area contributed by atoms with E-state index in [1.165, 1.54) is 24.3 Å². The minimum absolute atomic E-state index is 0.0535. The highest BCUT2D eigenvalue weighted by molar-refractivity contribution is 5.94. The lowest BCUT2D eigenvalue weighted by molar-refractivity contribution is -0.115. The molecule has 0 spiro atoms. The number of rotatable bonds is 4. The van der Waals surface area contributed by atoms with Crippen LogP contribution in [0, 0.1) is 12.7 Å². The van der Waals surface area contributed by atoms with Crippen molar-refractivity contribution < 1.29 is 19.1 Å². The van der Waals surface area contributed by atoms with Crippen molar-refractivity contribution in [3.05, 3.63) is 65.0 Å². The van der Waals surface area contributed by atoms with Gasteiger partial charge >= 0.3 is 5.97 Å². The molecule has 0 aliphatic carbocycles. The number of anilines is 1. The molecule has 1 amide bonds. The Balaban J connectivity index is 2.08. The van der Waals surface area contributed by atoms with E-state index in [4.69, 9.17) is 5.11 Å². The molecule has 0 fully saturated rings. The highest BCUT2D eigenvalue weighted by atomic mass is 19.1. The Kier molecular flexibility index (Phi) is 4.33. The summed E-state index contributed by atoms with van der Waals surface area (Å²) in [4.78, 5) is 22.8. The maximum atomic E-state index is 13.0. The largest absolute Gasteiger partial charge is 0.478 e. The number of nitrogens with one attached hydrogen (secondary N) is 1.